The summed E-state index contributed by atoms with van der Waals surface area (Å²) in [4.78, 5) is 42.5. The van der Waals surface area contributed by atoms with Crippen LogP contribution >= 0.6 is 11.3 Å². The lowest BCUT2D eigenvalue weighted by Gasteiger charge is -2.32. The molecule has 5 heterocycles. The largest absolute Gasteiger partial charge is 0.462 e. The zero-order valence-electron chi connectivity index (χ0n) is 17.1. The van der Waals surface area contributed by atoms with Crippen LogP contribution in [-0.2, 0) is 41.4 Å². The van der Waals surface area contributed by atoms with Gasteiger partial charge in [0, 0.05) is 4.88 Å². The minimum Gasteiger partial charge on any atom is -0.462 e. The highest BCUT2D eigenvalue weighted by Gasteiger charge is 2.71. The monoisotopic (exact) mass is 445 g/mol. The number of hydrogen-bond donors (Lipinski definition) is 0. The molecule has 4 atom stereocenters. The van der Waals surface area contributed by atoms with E-state index in [0.717, 1.165) is 36.1 Å². The lowest BCUT2D eigenvalue weighted by molar-refractivity contribution is -0.180. The highest BCUT2D eigenvalue weighted by atomic mass is 32.1. The van der Waals surface area contributed by atoms with Gasteiger partial charge in [-0.15, -0.1) is 11.3 Å². The number of nitrogens with zero attached hydrogens (tertiary/aromatic N) is 1. The minimum absolute atomic E-state index is 0.231. The van der Waals surface area contributed by atoms with Crippen molar-refractivity contribution >= 4 is 34.1 Å². The molecule has 5 aliphatic rings. The molecule has 31 heavy (non-hydrogen) atoms. The Morgan fingerprint density at radius 1 is 1.23 bits per heavy atom. The first-order valence-electron chi connectivity index (χ1n) is 10.9. The first-order chi connectivity index (χ1) is 15.1. The van der Waals surface area contributed by atoms with Gasteiger partial charge < -0.3 is 18.9 Å². The molecule has 1 aliphatic carbocycles. The van der Waals surface area contributed by atoms with E-state index in [1.54, 1.807) is 6.92 Å². The molecule has 3 saturated heterocycles. The van der Waals surface area contributed by atoms with Crippen molar-refractivity contribution in [2.75, 3.05) is 24.7 Å². The number of thiophene rings is 1. The number of fused-ring (bicyclic) bond motifs is 6. The first kappa shape index (κ1) is 19.6. The van der Waals surface area contributed by atoms with Crippen LogP contribution in [0.2, 0.25) is 0 Å². The number of esters is 1. The van der Waals surface area contributed by atoms with Gasteiger partial charge in [-0.1, -0.05) is 6.08 Å². The number of anilines is 1. The highest BCUT2D eigenvalue weighted by Crippen LogP contribution is 2.56. The maximum atomic E-state index is 13.7. The van der Waals surface area contributed by atoms with E-state index < -0.39 is 35.8 Å². The fraction of sp³-hybridized carbons (Fsp3) is 0.591. The van der Waals surface area contributed by atoms with Gasteiger partial charge in [0.1, 0.15) is 5.00 Å². The van der Waals surface area contributed by atoms with Gasteiger partial charge in [0.15, 0.2) is 11.9 Å². The van der Waals surface area contributed by atoms with Crippen molar-refractivity contribution in [3.63, 3.8) is 0 Å². The van der Waals surface area contributed by atoms with E-state index in [4.69, 9.17) is 18.9 Å². The van der Waals surface area contributed by atoms with Crippen molar-refractivity contribution < 1.29 is 33.3 Å². The Labute approximate surface area is 183 Å². The fourth-order valence-electron chi connectivity index (χ4n) is 5.65. The SMILES string of the molecule is CCOC(=O)c1c(N2C(=O)[C@H]3[C@H]4C=C[C@@](C5OCCO5)(O4)[C@H]3C2=O)sc2c1CCCC2. The summed E-state index contributed by atoms with van der Waals surface area (Å²) in [7, 11) is 0. The van der Waals surface area contributed by atoms with Gasteiger partial charge in [0.2, 0.25) is 11.8 Å². The minimum atomic E-state index is -1.10. The molecule has 164 valence electrons. The maximum Gasteiger partial charge on any atom is 0.341 e. The van der Waals surface area contributed by atoms with Crippen LogP contribution in [0.4, 0.5) is 5.00 Å². The first-order valence-corrected chi connectivity index (χ1v) is 11.7. The van der Waals surface area contributed by atoms with Crippen LogP contribution in [-0.4, -0.2) is 55.6 Å². The number of aryl methyl sites for hydroxylation is 1. The lowest BCUT2D eigenvalue weighted by atomic mass is 9.76. The van der Waals surface area contributed by atoms with Crippen LogP contribution < -0.4 is 4.90 Å². The molecule has 2 bridgehead atoms. The predicted molar refractivity (Wildman–Crippen MR) is 109 cm³/mol. The van der Waals surface area contributed by atoms with Crippen molar-refractivity contribution in [2.24, 2.45) is 11.8 Å². The molecule has 0 saturated carbocycles. The van der Waals surface area contributed by atoms with Crippen LogP contribution in [0.25, 0.3) is 0 Å². The number of rotatable bonds is 4. The Morgan fingerprint density at radius 2 is 2.00 bits per heavy atom. The smallest absolute Gasteiger partial charge is 0.341 e. The molecule has 9 heteroatoms. The van der Waals surface area contributed by atoms with E-state index in [0.29, 0.717) is 23.8 Å². The number of hydrogen-bond acceptors (Lipinski definition) is 8. The molecule has 1 aromatic rings. The summed E-state index contributed by atoms with van der Waals surface area (Å²) in [6.45, 7) is 2.82. The summed E-state index contributed by atoms with van der Waals surface area (Å²) >= 11 is 1.37. The molecule has 0 radical (unpaired) electrons. The molecule has 0 aromatic carbocycles. The van der Waals surface area contributed by atoms with Gasteiger partial charge in [-0.3, -0.25) is 9.59 Å². The van der Waals surface area contributed by atoms with E-state index in [9.17, 15) is 14.4 Å². The molecular weight excluding hydrogens is 422 g/mol. The molecular formula is C22H23NO7S. The zero-order chi connectivity index (χ0) is 21.3. The quantitative estimate of drug-likeness (QED) is 0.398. The second-order valence-corrected chi connectivity index (χ2v) is 9.58. The number of ether oxygens (including phenoxy) is 4. The van der Waals surface area contributed by atoms with E-state index in [1.807, 2.05) is 12.2 Å². The van der Waals surface area contributed by atoms with Crippen LogP contribution in [0.15, 0.2) is 12.2 Å². The van der Waals surface area contributed by atoms with Crippen LogP contribution in [0, 0.1) is 11.8 Å². The van der Waals surface area contributed by atoms with Crippen LogP contribution in [0.3, 0.4) is 0 Å². The highest BCUT2D eigenvalue weighted by molar-refractivity contribution is 7.17. The third kappa shape index (κ3) is 2.54. The average molecular weight is 445 g/mol. The normalized spacial score (nSPS) is 34.0. The van der Waals surface area contributed by atoms with Crippen molar-refractivity contribution in [1.82, 2.24) is 0 Å². The Hall–Kier alpha value is -2.07. The van der Waals surface area contributed by atoms with Gasteiger partial charge >= 0.3 is 5.97 Å². The Kier molecular flexibility index (Phi) is 4.40. The second-order valence-electron chi connectivity index (χ2n) is 8.50. The lowest BCUT2D eigenvalue weighted by Crippen LogP contribution is -2.49. The van der Waals surface area contributed by atoms with Gasteiger partial charge in [0.05, 0.1) is 43.3 Å². The number of carbonyl (C=O) groups is 3. The van der Waals surface area contributed by atoms with Crippen molar-refractivity contribution in [2.45, 2.75) is 50.6 Å². The fourth-order valence-corrected chi connectivity index (χ4v) is 7.04. The summed E-state index contributed by atoms with van der Waals surface area (Å²) in [5, 5.41) is 0.401. The van der Waals surface area contributed by atoms with E-state index in [-0.39, 0.29) is 18.4 Å². The molecule has 0 N–H and O–H groups in total. The third-order valence-corrected chi connectivity index (χ3v) is 8.18. The van der Waals surface area contributed by atoms with Gasteiger partial charge in [-0.05, 0) is 44.2 Å². The van der Waals surface area contributed by atoms with Gasteiger partial charge in [0.25, 0.3) is 0 Å². The molecule has 2 amide bonds. The molecule has 3 fully saturated rings. The van der Waals surface area contributed by atoms with Gasteiger partial charge in [-0.2, -0.15) is 0 Å². The number of imide groups is 1. The van der Waals surface area contributed by atoms with Crippen molar-refractivity contribution in [3.05, 3.63) is 28.2 Å². The standard InChI is InChI=1S/C22H23NO7S/c1-2-27-20(26)14-11-5-3-4-6-13(11)31-19(14)23-17(24)15-12-7-8-22(30-12,16(15)18(23)25)21-28-9-10-29-21/h7-8,12,15-16,21H,2-6,9-10H2,1H3/t12-,15+,16-,22-/m1/s1. The number of carbonyl (C=O) groups excluding carboxylic acids is 3. The average Bonchev–Trinajstić information content (AvgIpc) is 3.56. The maximum absolute atomic E-state index is 13.7. The van der Waals surface area contributed by atoms with Crippen molar-refractivity contribution in [3.8, 4) is 0 Å². The summed E-state index contributed by atoms with van der Waals surface area (Å²) in [6, 6.07) is 0. The molecule has 6 rings (SSSR count). The summed E-state index contributed by atoms with van der Waals surface area (Å²) in [5.41, 5.74) is 0.206. The Balaban J connectivity index is 1.44. The summed E-state index contributed by atoms with van der Waals surface area (Å²) in [5.74, 6) is -2.52. The van der Waals surface area contributed by atoms with E-state index in [1.165, 1.54) is 16.2 Å². The Morgan fingerprint density at radius 3 is 2.77 bits per heavy atom. The second kappa shape index (κ2) is 6.96. The third-order valence-electron chi connectivity index (χ3n) is 6.90. The molecule has 4 aliphatic heterocycles. The molecule has 8 nitrogen and oxygen atoms in total. The Bertz CT molecular complexity index is 1010. The van der Waals surface area contributed by atoms with Crippen LogP contribution in [0.5, 0.6) is 0 Å². The zero-order valence-corrected chi connectivity index (χ0v) is 17.9. The van der Waals surface area contributed by atoms with Gasteiger partial charge in [-0.25, -0.2) is 9.69 Å². The number of amides is 2. The van der Waals surface area contributed by atoms with E-state index in [2.05, 4.69) is 0 Å². The summed E-state index contributed by atoms with van der Waals surface area (Å²) < 4.78 is 22.8. The molecule has 1 aromatic heterocycles. The predicted octanol–water partition coefficient (Wildman–Crippen LogP) is 1.99. The van der Waals surface area contributed by atoms with Crippen LogP contribution in [0.1, 0.15) is 40.6 Å². The molecule has 0 spiro atoms. The van der Waals surface area contributed by atoms with Crippen molar-refractivity contribution in [1.29, 1.82) is 0 Å². The topological polar surface area (TPSA) is 91.4 Å². The molecule has 0 unspecified atom stereocenters. The van der Waals surface area contributed by atoms with E-state index >= 15 is 0 Å². The summed E-state index contributed by atoms with van der Waals surface area (Å²) in [6.07, 6.45) is 6.02.